The van der Waals surface area contributed by atoms with Crippen molar-refractivity contribution >= 4 is 29.5 Å². The molecule has 4 atom stereocenters. The maximum atomic E-state index is 13.9. The van der Waals surface area contributed by atoms with Crippen LogP contribution < -0.4 is 10.6 Å². The van der Waals surface area contributed by atoms with Gasteiger partial charge in [-0.2, -0.15) is 0 Å². The first-order valence-corrected chi connectivity index (χ1v) is 12.7. The van der Waals surface area contributed by atoms with E-state index >= 15 is 0 Å². The summed E-state index contributed by atoms with van der Waals surface area (Å²) in [6.07, 6.45) is 12.3. The molecule has 5 rings (SSSR count). The summed E-state index contributed by atoms with van der Waals surface area (Å²) >= 11 is 1.37. The summed E-state index contributed by atoms with van der Waals surface area (Å²) in [5.41, 5.74) is 5.54. The van der Waals surface area contributed by atoms with E-state index < -0.39 is 0 Å². The van der Waals surface area contributed by atoms with Gasteiger partial charge in [0.05, 0.1) is 17.7 Å². The van der Waals surface area contributed by atoms with Gasteiger partial charge in [-0.1, -0.05) is 50.3 Å². The number of thioether (sulfide) groups is 1. The average Bonchev–Trinajstić information content (AvgIpc) is 3.16. The first-order chi connectivity index (χ1) is 14.6. The van der Waals surface area contributed by atoms with E-state index in [1.165, 1.54) is 76.0 Å². The molecule has 1 aromatic rings. The molecular formula is C22H33N5O2S. The van der Waals surface area contributed by atoms with Crippen LogP contribution in [0.2, 0.25) is 0 Å². The standard InChI is InChI=1S/C22H33N5O2S/c1-2-26-19(29)17-18(27-20(26)24-25-21(27)30-13-16(23)28)15-9-5-4-8-14(15)12-22(17)10-6-3-7-11-22/h14-15,17-18H,2-13H2,1H3,(H2,23,28). The van der Waals surface area contributed by atoms with Crippen molar-refractivity contribution in [1.29, 1.82) is 0 Å². The highest BCUT2D eigenvalue weighted by molar-refractivity contribution is 7.99. The van der Waals surface area contributed by atoms with Crippen LogP contribution in [0.4, 0.5) is 5.95 Å². The van der Waals surface area contributed by atoms with Gasteiger partial charge in [0.15, 0.2) is 5.16 Å². The third-order valence-electron chi connectivity index (χ3n) is 8.30. The van der Waals surface area contributed by atoms with Crippen LogP contribution in [0.5, 0.6) is 0 Å². The van der Waals surface area contributed by atoms with Gasteiger partial charge in [-0.15, -0.1) is 10.2 Å². The van der Waals surface area contributed by atoms with E-state index in [4.69, 9.17) is 5.73 Å². The first-order valence-electron chi connectivity index (χ1n) is 11.7. The second kappa shape index (κ2) is 7.84. The zero-order valence-electron chi connectivity index (χ0n) is 17.9. The average molecular weight is 432 g/mol. The van der Waals surface area contributed by atoms with E-state index in [-0.39, 0.29) is 34.9 Å². The molecule has 2 heterocycles. The van der Waals surface area contributed by atoms with E-state index in [1.54, 1.807) is 0 Å². The molecule has 7 nitrogen and oxygen atoms in total. The Hall–Kier alpha value is -1.57. The van der Waals surface area contributed by atoms with Gasteiger partial charge in [0.2, 0.25) is 17.8 Å². The van der Waals surface area contributed by atoms with Gasteiger partial charge >= 0.3 is 0 Å². The first kappa shape index (κ1) is 20.3. The van der Waals surface area contributed by atoms with Crippen molar-refractivity contribution in [3.05, 3.63) is 0 Å². The molecule has 0 saturated heterocycles. The normalized spacial score (nSPS) is 32.4. The van der Waals surface area contributed by atoms with Crippen LogP contribution in [0, 0.1) is 23.2 Å². The number of carbonyl (C=O) groups is 2. The van der Waals surface area contributed by atoms with Crippen LogP contribution in [0.3, 0.4) is 0 Å². The maximum Gasteiger partial charge on any atom is 0.235 e. The number of fused-ring (bicyclic) bond motifs is 6. The van der Waals surface area contributed by atoms with Crippen LogP contribution in [0.1, 0.15) is 77.2 Å². The Bertz CT molecular complexity index is 833. The second-order valence-corrected chi connectivity index (χ2v) is 10.7. The molecule has 8 heteroatoms. The monoisotopic (exact) mass is 431 g/mol. The Labute approximate surface area is 182 Å². The predicted octanol–water partition coefficient (Wildman–Crippen LogP) is 3.54. The highest BCUT2D eigenvalue weighted by Crippen LogP contribution is 2.63. The van der Waals surface area contributed by atoms with E-state index in [9.17, 15) is 9.59 Å². The summed E-state index contributed by atoms with van der Waals surface area (Å²) in [4.78, 5) is 27.3. The largest absolute Gasteiger partial charge is 0.369 e. The molecule has 0 radical (unpaired) electrons. The smallest absolute Gasteiger partial charge is 0.235 e. The molecule has 1 aliphatic heterocycles. The van der Waals surface area contributed by atoms with Crippen molar-refractivity contribution < 1.29 is 9.59 Å². The molecule has 0 aromatic carbocycles. The Balaban J connectivity index is 1.64. The van der Waals surface area contributed by atoms with Gasteiger partial charge in [0.25, 0.3) is 0 Å². The van der Waals surface area contributed by atoms with Crippen molar-refractivity contribution in [1.82, 2.24) is 14.8 Å². The zero-order valence-corrected chi connectivity index (χ0v) is 18.7. The van der Waals surface area contributed by atoms with Crippen molar-refractivity contribution in [2.24, 2.45) is 28.9 Å². The number of hydrogen-bond donors (Lipinski definition) is 1. The minimum Gasteiger partial charge on any atom is -0.369 e. The number of nitrogens with two attached hydrogens (primary N) is 1. The molecule has 1 aromatic heterocycles. The highest BCUT2D eigenvalue weighted by Gasteiger charge is 2.60. The molecule has 30 heavy (non-hydrogen) atoms. The maximum absolute atomic E-state index is 13.9. The minimum atomic E-state index is -0.351. The van der Waals surface area contributed by atoms with E-state index in [1.807, 2.05) is 11.8 Å². The minimum absolute atomic E-state index is 0.00790. The van der Waals surface area contributed by atoms with Crippen molar-refractivity contribution in [3.63, 3.8) is 0 Å². The summed E-state index contributed by atoms with van der Waals surface area (Å²) in [6.45, 7) is 2.62. The number of hydrogen-bond acceptors (Lipinski definition) is 5. The number of rotatable bonds is 4. The summed E-state index contributed by atoms with van der Waals surface area (Å²) in [6, 6.07) is 0.123. The van der Waals surface area contributed by atoms with Gasteiger partial charge in [-0.25, -0.2) is 0 Å². The molecule has 3 saturated carbocycles. The van der Waals surface area contributed by atoms with Crippen LogP contribution in [0.25, 0.3) is 0 Å². The fraction of sp³-hybridized carbons (Fsp3) is 0.818. The Morgan fingerprint density at radius 3 is 2.67 bits per heavy atom. The lowest BCUT2D eigenvalue weighted by atomic mass is 9.50. The van der Waals surface area contributed by atoms with E-state index in [0.717, 1.165) is 5.16 Å². The van der Waals surface area contributed by atoms with Crippen molar-refractivity contribution in [2.45, 2.75) is 82.3 Å². The molecule has 0 bridgehead atoms. The summed E-state index contributed by atoms with van der Waals surface area (Å²) < 4.78 is 2.25. The lowest BCUT2D eigenvalue weighted by Crippen LogP contribution is -2.59. The summed E-state index contributed by atoms with van der Waals surface area (Å²) in [7, 11) is 0. The number of carbonyl (C=O) groups excluding carboxylic acids is 2. The SMILES string of the molecule is CCN1C(=O)C2C(C3CCCCC3CC23CCCCC3)n2c(SCC(N)=O)nnc21. The number of nitrogens with zero attached hydrogens (tertiary/aromatic N) is 4. The second-order valence-electron chi connectivity index (χ2n) is 9.79. The number of anilines is 1. The Kier molecular flexibility index (Phi) is 5.32. The quantitative estimate of drug-likeness (QED) is 0.736. The third kappa shape index (κ3) is 3.09. The lowest BCUT2D eigenvalue weighted by molar-refractivity contribution is -0.144. The van der Waals surface area contributed by atoms with E-state index in [0.29, 0.717) is 24.3 Å². The number of aromatic nitrogens is 3. The van der Waals surface area contributed by atoms with Crippen molar-refractivity contribution in [2.75, 3.05) is 17.2 Å². The van der Waals surface area contributed by atoms with Crippen molar-refractivity contribution in [3.8, 4) is 0 Å². The van der Waals surface area contributed by atoms with Gasteiger partial charge in [-0.3, -0.25) is 19.1 Å². The highest BCUT2D eigenvalue weighted by atomic mass is 32.2. The van der Waals surface area contributed by atoms with Gasteiger partial charge < -0.3 is 5.73 Å². The fourth-order valence-corrected chi connectivity index (χ4v) is 7.94. The molecule has 2 N–H and O–H groups in total. The predicted molar refractivity (Wildman–Crippen MR) is 116 cm³/mol. The molecule has 4 aliphatic rings. The number of primary amides is 1. The molecule has 4 unspecified atom stereocenters. The third-order valence-corrected chi connectivity index (χ3v) is 9.27. The van der Waals surface area contributed by atoms with Crippen LogP contribution in [-0.4, -0.2) is 38.9 Å². The van der Waals surface area contributed by atoms with Crippen LogP contribution in [0.15, 0.2) is 5.16 Å². The molecule has 3 aliphatic carbocycles. The number of amides is 2. The van der Waals surface area contributed by atoms with Gasteiger partial charge in [0, 0.05) is 6.54 Å². The fourth-order valence-electron chi connectivity index (χ4n) is 7.23. The topological polar surface area (TPSA) is 94.1 Å². The Morgan fingerprint density at radius 2 is 1.93 bits per heavy atom. The van der Waals surface area contributed by atoms with Crippen LogP contribution in [-0.2, 0) is 9.59 Å². The summed E-state index contributed by atoms with van der Waals surface area (Å²) in [5.74, 6) is 1.97. The van der Waals surface area contributed by atoms with E-state index in [2.05, 4.69) is 14.8 Å². The molecular weight excluding hydrogens is 398 g/mol. The lowest BCUT2D eigenvalue weighted by Gasteiger charge is -2.59. The molecule has 3 fully saturated rings. The van der Waals surface area contributed by atoms with Gasteiger partial charge in [-0.05, 0) is 49.9 Å². The molecule has 1 spiro atoms. The Morgan fingerprint density at radius 1 is 1.17 bits per heavy atom. The van der Waals surface area contributed by atoms with Crippen LogP contribution >= 0.6 is 11.8 Å². The molecule has 164 valence electrons. The zero-order chi connectivity index (χ0) is 20.9. The molecule has 2 amide bonds. The van der Waals surface area contributed by atoms with Gasteiger partial charge in [0.1, 0.15) is 0 Å². The summed E-state index contributed by atoms with van der Waals surface area (Å²) in [5, 5.41) is 9.64.